The van der Waals surface area contributed by atoms with Crippen molar-refractivity contribution >= 4 is 24.4 Å². The van der Waals surface area contributed by atoms with E-state index >= 15 is 0 Å². The van der Waals surface area contributed by atoms with Gasteiger partial charge in [0.1, 0.15) is 6.61 Å². The first-order valence-electron chi connectivity index (χ1n) is 7.48. The molecule has 0 radical (unpaired) electrons. The first-order chi connectivity index (χ1) is 10.4. The van der Waals surface area contributed by atoms with Gasteiger partial charge in [0.25, 0.3) is 0 Å². The molecule has 2 rings (SSSR count). The molecule has 1 aliphatic heterocycles. The van der Waals surface area contributed by atoms with Crippen molar-refractivity contribution in [3.8, 4) is 0 Å². The topological polar surface area (TPSA) is 72.5 Å². The molecule has 6 heteroatoms. The number of carbonyl (C=O) groups excluding carboxylic acids is 2. The molecule has 1 unspecified atom stereocenters. The van der Waals surface area contributed by atoms with Crippen LogP contribution >= 0.6 is 7.37 Å². The molecule has 5 nitrogen and oxygen atoms in total. The molecule has 1 fully saturated rings. The number of carbonyl (C=O) groups is 2. The van der Waals surface area contributed by atoms with Crippen molar-refractivity contribution in [3.63, 3.8) is 0 Å². The minimum Gasteiger partial charge on any atom is -0.356 e. The number of hydrogen-bond acceptors (Lipinski definition) is 4. The van der Waals surface area contributed by atoms with Crippen LogP contribution in [0.1, 0.15) is 19.8 Å². The molecule has 1 heterocycles. The van der Waals surface area contributed by atoms with E-state index in [9.17, 15) is 14.2 Å². The number of Topliss-reactive ketones (excluding diaryl/α,β-unsaturated/α-hetero) is 1. The van der Waals surface area contributed by atoms with Gasteiger partial charge in [-0.15, -0.1) is 0 Å². The monoisotopic (exact) mass is 323 g/mol. The number of nitrogens with one attached hydrogen (secondary N) is 1. The van der Waals surface area contributed by atoms with Crippen LogP contribution in [-0.2, 0) is 18.7 Å². The zero-order chi connectivity index (χ0) is 16.2. The Balaban J connectivity index is 1.86. The lowest BCUT2D eigenvalue weighted by Gasteiger charge is -2.17. The quantitative estimate of drug-likeness (QED) is 0.779. The van der Waals surface area contributed by atoms with Crippen molar-refractivity contribution in [2.24, 2.45) is 11.8 Å². The molecule has 1 aliphatic rings. The second-order valence-electron chi connectivity index (χ2n) is 5.83. The second-order valence-corrected chi connectivity index (χ2v) is 8.30. The molecule has 22 heavy (non-hydrogen) atoms. The van der Waals surface area contributed by atoms with Gasteiger partial charge in [0, 0.05) is 30.3 Å². The van der Waals surface area contributed by atoms with E-state index < -0.39 is 7.37 Å². The van der Waals surface area contributed by atoms with Crippen LogP contribution < -0.4 is 10.6 Å². The van der Waals surface area contributed by atoms with Crippen LogP contribution in [0.15, 0.2) is 30.3 Å². The van der Waals surface area contributed by atoms with E-state index in [1.807, 2.05) is 6.07 Å². The van der Waals surface area contributed by atoms with Crippen LogP contribution in [0.5, 0.6) is 0 Å². The summed E-state index contributed by atoms with van der Waals surface area (Å²) in [5.74, 6) is -0.463. The minimum atomic E-state index is -2.99. The third-order valence-corrected chi connectivity index (χ3v) is 5.89. The predicted molar refractivity (Wildman–Crippen MR) is 85.5 cm³/mol. The average Bonchev–Trinajstić information content (AvgIpc) is 2.91. The van der Waals surface area contributed by atoms with E-state index in [-0.39, 0.29) is 30.1 Å². The van der Waals surface area contributed by atoms with E-state index in [1.54, 1.807) is 31.2 Å². The Morgan fingerprint density at radius 2 is 2.09 bits per heavy atom. The van der Waals surface area contributed by atoms with Crippen molar-refractivity contribution in [1.82, 2.24) is 5.32 Å². The van der Waals surface area contributed by atoms with E-state index in [4.69, 9.17) is 4.52 Å². The molecule has 1 aromatic carbocycles. The summed E-state index contributed by atoms with van der Waals surface area (Å²) >= 11 is 0. The van der Waals surface area contributed by atoms with E-state index in [2.05, 4.69) is 5.32 Å². The molecule has 1 aromatic rings. The molecule has 1 amide bonds. The Kier molecular flexibility index (Phi) is 5.54. The summed E-state index contributed by atoms with van der Waals surface area (Å²) in [5, 5.41) is 3.37. The summed E-state index contributed by atoms with van der Waals surface area (Å²) in [6.07, 6.45) is 1.29. The number of amides is 1. The van der Waals surface area contributed by atoms with Crippen molar-refractivity contribution < 1.29 is 18.7 Å². The maximum atomic E-state index is 12.5. The largest absolute Gasteiger partial charge is 0.356 e. The lowest BCUT2D eigenvalue weighted by Crippen LogP contribution is -2.25. The standard InChI is InChI=1S/C16H22NO4P/c1-12(10-13-8-9-17-16(13)19)15(18)11-21-22(2,20)14-6-4-3-5-7-14/h3-7,12-13H,8-11H2,1-2H3,(H,17,19)/t12-,13-,22?/m0/s1. The fourth-order valence-corrected chi connectivity index (χ4v) is 3.77. The molecule has 0 saturated carbocycles. The predicted octanol–water partition coefficient (Wildman–Crippen LogP) is 1.97. The molecule has 0 spiro atoms. The molecule has 0 bridgehead atoms. The molecular formula is C16H22NO4P. The summed E-state index contributed by atoms with van der Waals surface area (Å²) in [4.78, 5) is 23.7. The van der Waals surface area contributed by atoms with Gasteiger partial charge < -0.3 is 9.84 Å². The fourth-order valence-electron chi connectivity index (χ4n) is 2.53. The summed E-state index contributed by atoms with van der Waals surface area (Å²) in [7, 11) is -2.99. The Morgan fingerprint density at radius 3 is 2.68 bits per heavy atom. The number of ketones is 1. The van der Waals surface area contributed by atoms with Gasteiger partial charge in [0.05, 0.1) is 0 Å². The highest BCUT2D eigenvalue weighted by Gasteiger charge is 2.29. The Morgan fingerprint density at radius 1 is 1.41 bits per heavy atom. The molecule has 0 aromatic heterocycles. The fraction of sp³-hybridized carbons (Fsp3) is 0.500. The van der Waals surface area contributed by atoms with Crippen LogP contribution in [-0.4, -0.2) is 31.5 Å². The van der Waals surface area contributed by atoms with Crippen LogP contribution in [0.4, 0.5) is 0 Å². The minimum absolute atomic E-state index is 0.0195. The first kappa shape index (κ1) is 16.9. The maximum Gasteiger partial charge on any atom is 0.229 e. The Labute approximate surface area is 130 Å². The van der Waals surface area contributed by atoms with Gasteiger partial charge in [-0.25, -0.2) is 0 Å². The van der Waals surface area contributed by atoms with Gasteiger partial charge in [-0.1, -0.05) is 25.1 Å². The summed E-state index contributed by atoms with van der Waals surface area (Å²) in [6.45, 7) is 3.81. The van der Waals surface area contributed by atoms with E-state index in [0.29, 0.717) is 18.3 Å². The zero-order valence-corrected chi connectivity index (χ0v) is 13.8. The maximum absolute atomic E-state index is 12.5. The first-order valence-corrected chi connectivity index (χ1v) is 9.55. The highest BCUT2D eigenvalue weighted by Crippen LogP contribution is 2.41. The Hall–Kier alpha value is -1.45. The molecule has 120 valence electrons. The van der Waals surface area contributed by atoms with Gasteiger partial charge in [0.15, 0.2) is 5.78 Å². The van der Waals surface area contributed by atoms with Gasteiger partial charge in [-0.05, 0) is 25.0 Å². The third kappa shape index (κ3) is 4.28. The Bertz CT molecular complexity index is 587. The van der Waals surface area contributed by atoms with Gasteiger partial charge >= 0.3 is 0 Å². The van der Waals surface area contributed by atoms with Crippen LogP contribution in [0.3, 0.4) is 0 Å². The number of benzene rings is 1. The van der Waals surface area contributed by atoms with Gasteiger partial charge in [-0.2, -0.15) is 0 Å². The molecule has 1 saturated heterocycles. The van der Waals surface area contributed by atoms with Crippen molar-refractivity contribution in [2.45, 2.75) is 19.8 Å². The smallest absolute Gasteiger partial charge is 0.229 e. The molecule has 1 N–H and O–H groups in total. The van der Waals surface area contributed by atoms with Crippen LogP contribution in [0.2, 0.25) is 0 Å². The van der Waals surface area contributed by atoms with Crippen LogP contribution in [0, 0.1) is 11.8 Å². The molecular weight excluding hydrogens is 301 g/mol. The summed E-state index contributed by atoms with van der Waals surface area (Å²) < 4.78 is 17.9. The van der Waals surface area contributed by atoms with Crippen molar-refractivity contribution in [2.75, 3.05) is 19.8 Å². The lowest BCUT2D eigenvalue weighted by atomic mass is 9.92. The third-order valence-electron chi connectivity index (χ3n) is 4.03. The SMILES string of the molecule is C[C@@H](C[C@@H]1CCNC1=O)C(=O)COP(C)(=O)c1ccccc1. The van der Waals surface area contributed by atoms with Crippen molar-refractivity contribution in [1.29, 1.82) is 0 Å². The number of rotatable bonds is 7. The van der Waals surface area contributed by atoms with E-state index in [0.717, 1.165) is 6.42 Å². The zero-order valence-electron chi connectivity index (χ0n) is 13.0. The van der Waals surface area contributed by atoms with Crippen LogP contribution in [0.25, 0.3) is 0 Å². The summed E-state index contributed by atoms with van der Waals surface area (Å²) in [5.41, 5.74) is 0. The average molecular weight is 323 g/mol. The van der Waals surface area contributed by atoms with Gasteiger partial charge in [-0.3, -0.25) is 14.2 Å². The molecule has 0 aliphatic carbocycles. The van der Waals surface area contributed by atoms with Gasteiger partial charge in [0.2, 0.25) is 13.3 Å². The highest BCUT2D eigenvalue weighted by molar-refractivity contribution is 7.66. The lowest BCUT2D eigenvalue weighted by molar-refractivity contribution is -0.126. The molecule has 3 atom stereocenters. The highest BCUT2D eigenvalue weighted by atomic mass is 31.2. The summed E-state index contributed by atoms with van der Waals surface area (Å²) in [6, 6.07) is 8.88. The van der Waals surface area contributed by atoms with E-state index in [1.165, 1.54) is 6.66 Å². The second kappa shape index (κ2) is 7.21. The normalized spacial score (nSPS) is 21.9. The number of hydrogen-bond donors (Lipinski definition) is 1. The van der Waals surface area contributed by atoms with Crippen molar-refractivity contribution in [3.05, 3.63) is 30.3 Å².